The number of nitrogens with zero attached hydrogens (tertiary/aromatic N) is 2. The second-order valence-electron chi connectivity index (χ2n) is 6.75. The highest BCUT2D eigenvalue weighted by molar-refractivity contribution is 5.95. The van der Waals surface area contributed by atoms with Crippen LogP contribution in [0.15, 0.2) is 24.3 Å². The van der Waals surface area contributed by atoms with Gasteiger partial charge in [0.1, 0.15) is 17.5 Å². The average molecular weight is 330 g/mol. The van der Waals surface area contributed by atoms with Gasteiger partial charge in [-0.05, 0) is 51.8 Å². The topological polar surface area (TPSA) is 54.7 Å². The van der Waals surface area contributed by atoms with Crippen molar-refractivity contribution in [2.24, 2.45) is 0 Å². The molecule has 0 aliphatic carbocycles. The Kier molecular flexibility index (Phi) is 4.81. The van der Waals surface area contributed by atoms with Gasteiger partial charge in [0.15, 0.2) is 0 Å². The smallest absolute Gasteiger partial charge is 0.352 e. The molecule has 1 N–H and O–H groups in total. The Morgan fingerprint density at radius 2 is 2.00 bits per heavy atom. The highest BCUT2D eigenvalue weighted by atomic mass is 16.5. The van der Waals surface area contributed by atoms with Crippen molar-refractivity contribution in [2.75, 3.05) is 13.1 Å². The standard InChI is InChI=1S/C19H26N2O3/c1-4-21-17-12-16(6-5-14(17)11-18(21)19(22)23)24-15-7-9-20(10-8-15)13(2)3/h5-6,11-13,15H,4,7-10H2,1-3H3,(H,22,23). The van der Waals surface area contributed by atoms with Crippen molar-refractivity contribution in [1.82, 2.24) is 9.47 Å². The summed E-state index contributed by atoms with van der Waals surface area (Å²) < 4.78 is 8.00. The van der Waals surface area contributed by atoms with Gasteiger partial charge in [0.05, 0.1) is 5.52 Å². The first kappa shape index (κ1) is 16.8. The summed E-state index contributed by atoms with van der Waals surface area (Å²) in [6, 6.07) is 8.19. The van der Waals surface area contributed by atoms with E-state index in [0.29, 0.717) is 18.3 Å². The van der Waals surface area contributed by atoms with Crippen molar-refractivity contribution in [1.29, 1.82) is 0 Å². The largest absolute Gasteiger partial charge is 0.490 e. The van der Waals surface area contributed by atoms with E-state index in [1.54, 1.807) is 6.07 Å². The van der Waals surface area contributed by atoms with E-state index in [9.17, 15) is 9.90 Å². The van der Waals surface area contributed by atoms with Gasteiger partial charge < -0.3 is 19.3 Å². The number of benzene rings is 1. The fraction of sp³-hybridized carbons (Fsp3) is 0.526. The van der Waals surface area contributed by atoms with Crippen LogP contribution in [-0.2, 0) is 6.54 Å². The summed E-state index contributed by atoms with van der Waals surface area (Å²) in [6.45, 7) is 9.18. The van der Waals surface area contributed by atoms with E-state index in [2.05, 4.69) is 18.7 Å². The third-order valence-electron chi connectivity index (χ3n) is 4.92. The molecule has 0 amide bonds. The zero-order valence-corrected chi connectivity index (χ0v) is 14.7. The lowest BCUT2D eigenvalue weighted by Crippen LogP contribution is -2.41. The molecule has 24 heavy (non-hydrogen) atoms. The van der Waals surface area contributed by atoms with E-state index in [0.717, 1.165) is 42.6 Å². The normalized spacial score (nSPS) is 16.8. The van der Waals surface area contributed by atoms with Crippen molar-refractivity contribution in [3.8, 4) is 5.75 Å². The second kappa shape index (κ2) is 6.85. The Morgan fingerprint density at radius 3 is 2.58 bits per heavy atom. The number of fused-ring (bicyclic) bond motifs is 1. The maximum Gasteiger partial charge on any atom is 0.352 e. The first-order valence-corrected chi connectivity index (χ1v) is 8.77. The minimum Gasteiger partial charge on any atom is -0.490 e. The number of hydrogen-bond donors (Lipinski definition) is 1. The van der Waals surface area contributed by atoms with Crippen LogP contribution in [-0.4, -0.2) is 45.8 Å². The fourth-order valence-corrected chi connectivity index (χ4v) is 3.53. The second-order valence-corrected chi connectivity index (χ2v) is 6.75. The molecule has 5 heteroatoms. The van der Waals surface area contributed by atoms with Crippen LogP contribution in [0.2, 0.25) is 0 Å². The molecule has 3 rings (SSSR count). The van der Waals surface area contributed by atoms with E-state index in [4.69, 9.17) is 4.74 Å². The summed E-state index contributed by atoms with van der Waals surface area (Å²) in [6.07, 6.45) is 2.30. The maximum absolute atomic E-state index is 11.4. The monoisotopic (exact) mass is 330 g/mol. The van der Waals surface area contributed by atoms with Crippen LogP contribution in [0.4, 0.5) is 0 Å². The molecule has 1 aliphatic rings. The van der Waals surface area contributed by atoms with E-state index in [-0.39, 0.29) is 6.10 Å². The van der Waals surface area contributed by atoms with Gasteiger partial charge in [0.2, 0.25) is 0 Å². The summed E-state index contributed by atoms with van der Waals surface area (Å²) in [5.41, 5.74) is 1.25. The summed E-state index contributed by atoms with van der Waals surface area (Å²) in [7, 11) is 0. The summed E-state index contributed by atoms with van der Waals surface area (Å²) >= 11 is 0. The number of hydrogen-bond acceptors (Lipinski definition) is 3. The minimum atomic E-state index is -0.892. The van der Waals surface area contributed by atoms with Crippen LogP contribution in [0.5, 0.6) is 5.75 Å². The molecule has 0 bridgehead atoms. The first-order chi connectivity index (χ1) is 11.5. The summed E-state index contributed by atoms with van der Waals surface area (Å²) in [4.78, 5) is 13.9. The zero-order valence-electron chi connectivity index (χ0n) is 14.7. The quantitative estimate of drug-likeness (QED) is 0.910. The number of carbonyl (C=O) groups is 1. The van der Waals surface area contributed by atoms with E-state index in [1.165, 1.54) is 0 Å². The SMILES string of the molecule is CCn1c(C(=O)O)cc2ccc(OC3CCN(C(C)C)CC3)cc21. The molecule has 0 saturated carbocycles. The number of aromatic carboxylic acids is 1. The molecule has 0 radical (unpaired) electrons. The molecule has 130 valence electrons. The minimum absolute atomic E-state index is 0.237. The molecular formula is C19H26N2O3. The van der Waals surface area contributed by atoms with Crippen LogP contribution >= 0.6 is 0 Å². The molecule has 1 aromatic heterocycles. The Bertz CT molecular complexity index is 728. The molecule has 1 fully saturated rings. The number of carboxylic acid groups (broad SMARTS) is 1. The van der Waals surface area contributed by atoms with Crippen LogP contribution in [0.3, 0.4) is 0 Å². The van der Waals surface area contributed by atoms with Crippen molar-refractivity contribution in [3.05, 3.63) is 30.0 Å². The van der Waals surface area contributed by atoms with Crippen LogP contribution < -0.4 is 4.74 Å². The fourth-order valence-electron chi connectivity index (χ4n) is 3.53. The van der Waals surface area contributed by atoms with Crippen LogP contribution in [0.1, 0.15) is 44.1 Å². The molecular weight excluding hydrogens is 304 g/mol. The van der Waals surface area contributed by atoms with Gasteiger partial charge in [0, 0.05) is 37.1 Å². The number of aryl methyl sites for hydroxylation is 1. The van der Waals surface area contributed by atoms with Gasteiger partial charge in [0.25, 0.3) is 0 Å². The predicted molar refractivity (Wildman–Crippen MR) is 94.9 cm³/mol. The van der Waals surface area contributed by atoms with Crippen molar-refractivity contribution in [2.45, 2.75) is 52.3 Å². The molecule has 0 unspecified atom stereocenters. The van der Waals surface area contributed by atoms with Crippen molar-refractivity contribution in [3.63, 3.8) is 0 Å². The number of piperidine rings is 1. The summed E-state index contributed by atoms with van der Waals surface area (Å²) in [5.74, 6) is -0.0631. The Morgan fingerprint density at radius 1 is 1.29 bits per heavy atom. The van der Waals surface area contributed by atoms with Gasteiger partial charge in [-0.1, -0.05) is 0 Å². The van der Waals surface area contributed by atoms with E-state index >= 15 is 0 Å². The van der Waals surface area contributed by atoms with Gasteiger partial charge in [-0.3, -0.25) is 0 Å². The number of rotatable bonds is 5. The van der Waals surface area contributed by atoms with Crippen LogP contribution in [0, 0.1) is 0 Å². The Balaban J connectivity index is 1.78. The zero-order chi connectivity index (χ0) is 17.3. The van der Waals surface area contributed by atoms with E-state index in [1.807, 2.05) is 29.7 Å². The van der Waals surface area contributed by atoms with Crippen molar-refractivity contribution < 1.29 is 14.6 Å². The molecule has 5 nitrogen and oxygen atoms in total. The van der Waals surface area contributed by atoms with E-state index < -0.39 is 5.97 Å². The molecule has 1 aromatic carbocycles. The molecule has 2 heterocycles. The number of aromatic nitrogens is 1. The third kappa shape index (κ3) is 3.26. The first-order valence-electron chi connectivity index (χ1n) is 8.77. The highest BCUT2D eigenvalue weighted by Crippen LogP contribution is 2.27. The van der Waals surface area contributed by atoms with Gasteiger partial charge >= 0.3 is 5.97 Å². The average Bonchev–Trinajstić information content (AvgIpc) is 2.93. The molecule has 2 aromatic rings. The molecule has 0 atom stereocenters. The molecule has 0 spiro atoms. The maximum atomic E-state index is 11.4. The lowest BCUT2D eigenvalue weighted by molar-refractivity contribution is 0.0685. The highest BCUT2D eigenvalue weighted by Gasteiger charge is 2.22. The molecule has 1 saturated heterocycles. The van der Waals surface area contributed by atoms with Crippen molar-refractivity contribution >= 4 is 16.9 Å². The van der Waals surface area contributed by atoms with Gasteiger partial charge in [-0.2, -0.15) is 0 Å². The lowest BCUT2D eigenvalue weighted by atomic mass is 10.1. The third-order valence-corrected chi connectivity index (χ3v) is 4.92. The van der Waals surface area contributed by atoms with Gasteiger partial charge in [-0.25, -0.2) is 4.79 Å². The number of likely N-dealkylation sites (tertiary alicyclic amines) is 1. The summed E-state index contributed by atoms with van der Waals surface area (Å²) in [5, 5.41) is 10.3. The number of carboxylic acids is 1. The number of ether oxygens (including phenoxy) is 1. The molecule has 1 aliphatic heterocycles. The van der Waals surface area contributed by atoms with Gasteiger partial charge in [-0.15, -0.1) is 0 Å². The predicted octanol–water partition coefficient (Wildman–Crippen LogP) is 3.61. The Labute approximate surface area is 142 Å². The lowest BCUT2D eigenvalue weighted by Gasteiger charge is -2.34. The van der Waals surface area contributed by atoms with Crippen LogP contribution in [0.25, 0.3) is 10.9 Å². The Hall–Kier alpha value is -2.01.